The van der Waals surface area contributed by atoms with Gasteiger partial charge >= 0.3 is 12.1 Å². The molecule has 1 fully saturated rings. The summed E-state index contributed by atoms with van der Waals surface area (Å²) in [6.45, 7) is 1.89. The first-order valence-electron chi connectivity index (χ1n) is 8.37. The minimum absolute atomic E-state index is 0.0587. The summed E-state index contributed by atoms with van der Waals surface area (Å²) < 4.78 is 5.00. The Kier molecular flexibility index (Phi) is 6.52. The third-order valence-corrected chi connectivity index (χ3v) is 4.27. The molecule has 25 heavy (non-hydrogen) atoms. The van der Waals surface area contributed by atoms with Crippen molar-refractivity contribution in [1.29, 1.82) is 0 Å². The number of hydrogen-bond acceptors (Lipinski definition) is 5. The molecule has 1 aliphatic rings. The number of cyclic esters (lactones) is 1. The summed E-state index contributed by atoms with van der Waals surface area (Å²) >= 11 is 0. The average molecular weight is 349 g/mol. The smallest absolute Gasteiger partial charge is 0.416 e. The van der Waals surface area contributed by atoms with E-state index in [4.69, 9.17) is 9.84 Å². The highest BCUT2D eigenvalue weighted by molar-refractivity contribution is 5.96. The Bertz CT molecular complexity index is 617. The molecule has 1 saturated heterocycles. The second-order valence-electron chi connectivity index (χ2n) is 6.19. The summed E-state index contributed by atoms with van der Waals surface area (Å²) in [5.74, 6) is -3.05. The van der Waals surface area contributed by atoms with Gasteiger partial charge in [-0.15, -0.1) is 0 Å². The molecule has 7 heteroatoms. The molecule has 0 aliphatic carbocycles. The van der Waals surface area contributed by atoms with E-state index in [9.17, 15) is 19.5 Å². The van der Waals surface area contributed by atoms with Gasteiger partial charge in [-0.2, -0.15) is 0 Å². The molecule has 1 aromatic rings. The van der Waals surface area contributed by atoms with E-state index in [0.717, 1.165) is 10.5 Å². The molecule has 2 rings (SSSR count). The zero-order valence-electron chi connectivity index (χ0n) is 14.1. The highest BCUT2D eigenvalue weighted by Gasteiger charge is 2.43. The Labute approximate surface area is 146 Å². The molecule has 0 aromatic heterocycles. The monoisotopic (exact) mass is 349 g/mol. The normalized spacial score (nSPS) is 19.4. The lowest BCUT2D eigenvalue weighted by atomic mass is 9.93. The number of nitrogens with zero attached hydrogens (tertiary/aromatic N) is 1. The quantitative estimate of drug-likeness (QED) is 0.742. The fourth-order valence-corrected chi connectivity index (χ4v) is 3.02. The topological polar surface area (TPSA) is 104 Å². The Morgan fingerprint density at radius 3 is 2.60 bits per heavy atom. The molecule has 0 saturated carbocycles. The SMILES string of the molecule is CCCC(O)C(CC(=O)O)C(=O)N1C(=O)OCC1Cc1ccccc1. The number of ether oxygens (including phenoxy) is 1. The molecule has 7 nitrogen and oxygen atoms in total. The van der Waals surface area contributed by atoms with Crippen LogP contribution in [0.2, 0.25) is 0 Å². The number of imide groups is 1. The summed E-state index contributed by atoms with van der Waals surface area (Å²) in [5.41, 5.74) is 0.937. The lowest BCUT2D eigenvalue weighted by molar-refractivity contribution is -0.147. The van der Waals surface area contributed by atoms with Crippen molar-refractivity contribution in [2.24, 2.45) is 5.92 Å². The minimum atomic E-state index is -1.19. The van der Waals surface area contributed by atoms with Gasteiger partial charge in [0.15, 0.2) is 0 Å². The summed E-state index contributed by atoms with van der Waals surface area (Å²) in [4.78, 5) is 36.9. The first-order valence-corrected chi connectivity index (χ1v) is 8.37. The molecule has 0 spiro atoms. The van der Waals surface area contributed by atoms with Gasteiger partial charge in [0.1, 0.15) is 6.61 Å². The third kappa shape index (κ3) is 4.79. The first kappa shape index (κ1) is 18.9. The molecule has 2 amide bonds. The number of carboxylic acid groups (broad SMARTS) is 1. The zero-order chi connectivity index (χ0) is 18.4. The molecule has 3 unspecified atom stereocenters. The van der Waals surface area contributed by atoms with Gasteiger partial charge < -0.3 is 14.9 Å². The summed E-state index contributed by atoms with van der Waals surface area (Å²) in [5, 5.41) is 19.2. The number of benzene rings is 1. The van der Waals surface area contributed by atoms with E-state index in [1.54, 1.807) is 0 Å². The van der Waals surface area contributed by atoms with Gasteiger partial charge in [0.25, 0.3) is 0 Å². The zero-order valence-corrected chi connectivity index (χ0v) is 14.1. The Morgan fingerprint density at radius 1 is 1.32 bits per heavy atom. The number of amides is 2. The van der Waals surface area contributed by atoms with E-state index in [-0.39, 0.29) is 13.0 Å². The fourth-order valence-electron chi connectivity index (χ4n) is 3.02. The van der Waals surface area contributed by atoms with Gasteiger partial charge in [0.05, 0.1) is 24.5 Å². The van der Waals surface area contributed by atoms with E-state index in [2.05, 4.69) is 0 Å². The number of aliphatic hydroxyl groups excluding tert-OH is 1. The van der Waals surface area contributed by atoms with Crippen molar-refractivity contribution in [3.05, 3.63) is 35.9 Å². The minimum Gasteiger partial charge on any atom is -0.481 e. The van der Waals surface area contributed by atoms with Crippen LogP contribution in [0.4, 0.5) is 4.79 Å². The van der Waals surface area contributed by atoms with E-state index in [1.807, 2.05) is 37.3 Å². The van der Waals surface area contributed by atoms with Crippen molar-refractivity contribution in [3.63, 3.8) is 0 Å². The van der Waals surface area contributed by atoms with E-state index >= 15 is 0 Å². The van der Waals surface area contributed by atoms with Gasteiger partial charge in [-0.3, -0.25) is 9.59 Å². The number of carbonyl (C=O) groups is 3. The van der Waals surface area contributed by atoms with Crippen LogP contribution in [0.3, 0.4) is 0 Å². The first-order chi connectivity index (χ1) is 11.9. The lowest BCUT2D eigenvalue weighted by Crippen LogP contribution is -2.47. The molecule has 1 heterocycles. The van der Waals surface area contributed by atoms with Crippen molar-refractivity contribution in [3.8, 4) is 0 Å². The van der Waals surface area contributed by atoms with Crippen LogP contribution in [-0.4, -0.2) is 51.8 Å². The molecule has 3 atom stereocenters. The Hall–Kier alpha value is -2.41. The van der Waals surface area contributed by atoms with Crippen LogP contribution >= 0.6 is 0 Å². The maximum absolute atomic E-state index is 12.8. The fraction of sp³-hybridized carbons (Fsp3) is 0.500. The molecular formula is C18H23NO6. The number of rotatable bonds is 8. The second kappa shape index (κ2) is 8.62. The predicted molar refractivity (Wildman–Crippen MR) is 88.8 cm³/mol. The molecule has 136 valence electrons. The van der Waals surface area contributed by atoms with Crippen molar-refractivity contribution < 1.29 is 29.3 Å². The van der Waals surface area contributed by atoms with Crippen LogP contribution in [0.5, 0.6) is 0 Å². The number of carboxylic acids is 1. The highest BCUT2D eigenvalue weighted by atomic mass is 16.6. The van der Waals surface area contributed by atoms with E-state index in [1.165, 1.54) is 0 Å². The van der Waals surface area contributed by atoms with Crippen LogP contribution in [0, 0.1) is 5.92 Å². The number of carbonyl (C=O) groups excluding carboxylic acids is 2. The summed E-state index contributed by atoms with van der Waals surface area (Å²) in [6, 6.07) is 8.84. The average Bonchev–Trinajstić information content (AvgIpc) is 2.93. The van der Waals surface area contributed by atoms with E-state index in [0.29, 0.717) is 12.8 Å². The molecule has 1 aromatic carbocycles. The largest absolute Gasteiger partial charge is 0.481 e. The van der Waals surface area contributed by atoms with Gasteiger partial charge in [-0.25, -0.2) is 9.69 Å². The Morgan fingerprint density at radius 2 is 2.00 bits per heavy atom. The van der Waals surface area contributed by atoms with Crippen LogP contribution in [-0.2, 0) is 20.7 Å². The maximum Gasteiger partial charge on any atom is 0.416 e. The second-order valence-corrected chi connectivity index (χ2v) is 6.19. The lowest BCUT2D eigenvalue weighted by Gasteiger charge is -2.27. The van der Waals surface area contributed by atoms with Crippen LogP contribution in [0.25, 0.3) is 0 Å². The van der Waals surface area contributed by atoms with Crippen molar-refractivity contribution in [1.82, 2.24) is 4.90 Å². The van der Waals surface area contributed by atoms with Crippen molar-refractivity contribution >= 4 is 18.0 Å². The van der Waals surface area contributed by atoms with Crippen LogP contribution in [0.1, 0.15) is 31.7 Å². The third-order valence-electron chi connectivity index (χ3n) is 4.27. The maximum atomic E-state index is 12.8. The van der Waals surface area contributed by atoms with Crippen molar-refractivity contribution in [2.45, 2.75) is 44.8 Å². The predicted octanol–water partition coefficient (Wildman–Crippen LogP) is 1.83. The standard InChI is InChI=1S/C18H23NO6/c1-2-6-15(20)14(10-16(21)22)17(23)19-13(11-25-18(19)24)9-12-7-4-3-5-8-12/h3-5,7-8,13-15,20H,2,6,9-11H2,1H3,(H,21,22). The number of hydrogen-bond donors (Lipinski definition) is 2. The van der Waals surface area contributed by atoms with Gasteiger partial charge in [-0.1, -0.05) is 43.7 Å². The van der Waals surface area contributed by atoms with Gasteiger partial charge in [0, 0.05) is 0 Å². The molecule has 1 aliphatic heterocycles. The summed E-state index contributed by atoms with van der Waals surface area (Å²) in [6.07, 6.45) is -1.12. The number of aliphatic hydroxyl groups is 1. The van der Waals surface area contributed by atoms with Gasteiger partial charge in [0.2, 0.25) is 5.91 Å². The van der Waals surface area contributed by atoms with Crippen LogP contribution < -0.4 is 0 Å². The van der Waals surface area contributed by atoms with Crippen molar-refractivity contribution in [2.75, 3.05) is 6.61 Å². The summed E-state index contributed by atoms with van der Waals surface area (Å²) in [7, 11) is 0. The molecular weight excluding hydrogens is 326 g/mol. The Balaban J connectivity index is 2.19. The molecule has 0 radical (unpaired) electrons. The molecule has 0 bridgehead atoms. The van der Waals surface area contributed by atoms with E-state index < -0.39 is 42.5 Å². The van der Waals surface area contributed by atoms with Gasteiger partial charge in [-0.05, 0) is 18.4 Å². The number of aliphatic carboxylic acids is 1. The van der Waals surface area contributed by atoms with Crippen LogP contribution in [0.15, 0.2) is 30.3 Å². The molecule has 2 N–H and O–H groups in total. The highest BCUT2D eigenvalue weighted by Crippen LogP contribution is 2.24.